The molecule has 0 atom stereocenters. The molecule has 0 saturated carbocycles. The number of nitrogens with zero attached hydrogens (tertiary/aromatic N) is 2. The van der Waals surface area contributed by atoms with Crippen molar-refractivity contribution in [1.29, 1.82) is 0 Å². The van der Waals surface area contributed by atoms with Crippen LogP contribution in [0.2, 0.25) is 5.02 Å². The van der Waals surface area contributed by atoms with Gasteiger partial charge in [-0.15, -0.1) is 0 Å². The van der Waals surface area contributed by atoms with Gasteiger partial charge >= 0.3 is 0 Å². The number of rotatable bonds is 4. The Morgan fingerprint density at radius 1 is 1.35 bits per heavy atom. The van der Waals surface area contributed by atoms with Gasteiger partial charge < -0.3 is 14.1 Å². The Hall–Kier alpha value is -2.27. The molecule has 0 spiro atoms. The van der Waals surface area contributed by atoms with Crippen LogP contribution in [-0.4, -0.2) is 15.3 Å². The lowest BCUT2D eigenvalue weighted by Crippen LogP contribution is -2.24. The predicted molar refractivity (Wildman–Crippen MR) is 74.5 cm³/mol. The van der Waals surface area contributed by atoms with Crippen LogP contribution in [0.25, 0.3) is 5.65 Å². The number of furan rings is 1. The molecule has 0 fully saturated rings. The molecule has 0 bridgehead atoms. The van der Waals surface area contributed by atoms with E-state index in [1.54, 1.807) is 35.2 Å². The summed E-state index contributed by atoms with van der Waals surface area (Å²) in [6.07, 6.45) is 5.36. The summed E-state index contributed by atoms with van der Waals surface area (Å²) in [5, 5.41) is 3.41. The summed E-state index contributed by atoms with van der Waals surface area (Å²) in [7, 11) is 0. The SMILES string of the molecule is O=C(Cc1cn2cc(Cl)ccc2n1)NCc1ccco1. The lowest BCUT2D eigenvalue weighted by molar-refractivity contribution is -0.120. The highest BCUT2D eigenvalue weighted by molar-refractivity contribution is 6.30. The van der Waals surface area contributed by atoms with Crippen LogP contribution in [0.4, 0.5) is 0 Å². The Bertz CT molecular complexity index is 734. The first-order chi connectivity index (χ1) is 9.70. The average molecular weight is 290 g/mol. The predicted octanol–water partition coefficient (Wildman–Crippen LogP) is 2.44. The highest BCUT2D eigenvalue weighted by Gasteiger charge is 2.08. The Morgan fingerprint density at radius 2 is 2.25 bits per heavy atom. The Balaban J connectivity index is 1.65. The monoisotopic (exact) mass is 289 g/mol. The van der Waals surface area contributed by atoms with Crippen LogP contribution >= 0.6 is 11.6 Å². The lowest BCUT2D eigenvalue weighted by atomic mass is 10.3. The van der Waals surface area contributed by atoms with E-state index in [0.717, 1.165) is 11.4 Å². The maximum atomic E-state index is 11.8. The van der Waals surface area contributed by atoms with Crippen molar-refractivity contribution in [2.45, 2.75) is 13.0 Å². The summed E-state index contributed by atoms with van der Waals surface area (Å²) in [6.45, 7) is 0.380. The van der Waals surface area contributed by atoms with Gasteiger partial charge in [0.15, 0.2) is 0 Å². The van der Waals surface area contributed by atoms with E-state index in [9.17, 15) is 4.79 Å². The standard InChI is InChI=1S/C14H12ClN3O2/c15-10-3-4-13-17-11(9-18(13)8-10)6-14(19)16-7-12-2-1-5-20-12/h1-5,8-9H,6-7H2,(H,16,19). The fourth-order valence-electron chi connectivity index (χ4n) is 1.93. The molecule has 20 heavy (non-hydrogen) atoms. The number of pyridine rings is 1. The molecule has 0 saturated heterocycles. The van der Waals surface area contributed by atoms with Crippen LogP contribution in [0.1, 0.15) is 11.5 Å². The first-order valence-electron chi connectivity index (χ1n) is 6.13. The molecule has 0 aliphatic heterocycles. The lowest BCUT2D eigenvalue weighted by Gasteiger charge is -2.00. The minimum absolute atomic E-state index is 0.101. The molecule has 1 amide bonds. The van der Waals surface area contributed by atoms with Gasteiger partial charge in [0, 0.05) is 12.4 Å². The second-order valence-corrected chi connectivity index (χ2v) is 4.81. The zero-order valence-corrected chi connectivity index (χ0v) is 11.3. The fraction of sp³-hybridized carbons (Fsp3) is 0.143. The smallest absolute Gasteiger partial charge is 0.226 e. The van der Waals surface area contributed by atoms with Crippen molar-refractivity contribution in [3.05, 3.63) is 59.4 Å². The number of hydrogen-bond donors (Lipinski definition) is 1. The molecule has 6 heteroatoms. The number of nitrogens with one attached hydrogen (secondary N) is 1. The third-order valence-corrected chi connectivity index (χ3v) is 3.07. The van der Waals surface area contributed by atoms with Crippen LogP contribution in [0, 0.1) is 0 Å². The van der Waals surface area contributed by atoms with E-state index in [1.807, 2.05) is 12.1 Å². The van der Waals surface area contributed by atoms with Gasteiger partial charge in [-0.25, -0.2) is 4.98 Å². The molecule has 0 aliphatic rings. The number of carbonyl (C=O) groups is 1. The molecule has 0 aromatic carbocycles. The van der Waals surface area contributed by atoms with Gasteiger partial charge in [-0.3, -0.25) is 4.79 Å². The molecule has 5 nitrogen and oxygen atoms in total. The summed E-state index contributed by atoms with van der Waals surface area (Å²) in [6, 6.07) is 7.18. The van der Waals surface area contributed by atoms with Crippen molar-refractivity contribution in [2.75, 3.05) is 0 Å². The summed E-state index contributed by atoms with van der Waals surface area (Å²) in [4.78, 5) is 16.2. The quantitative estimate of drug-likeness (QED) is 0.802. The summed E-state index contributed by atoms with van der Waals surface area (Å²) in [5.41, 5.74) is 1.47. The zero-order chi connectivity index (χ0) is 13.9. The van der Waals surface area contributed by atoms with E-state index < -0.39 is 0 Å². The highest BCUT2D eigenvalue weighted by Crippen LogP contribution is 2.12. The topological polar surface area (TPSA) is 59.5 Å². The minimum Gasteiger partial charge on any atom is -0.467 e. The highest BCUT2D eigenvalue weighted by atomic mass is 35.5. The summed E-state index contributed by atoms with van der Waals surface area (Å²) in [5.74, 6) is 0.621. The number of fused-ring (bicyclic) bond motifs is 1. The van der Waals surface area contributed by atoms with Crippen molar-refractivity contribution in [2.24, 2.45) is 0 Å². The average Bonchev–Trinajstić information content (AvgIpc) is 3.04. The van der Waals surface area contributed by atoms with E-state index in [1.165, 1.54) is 0 Å². The van der Waals surface area contributed by atoms with Gasteiger partial charge in [-0.2, -0.15) is 0 Å². The van der Waals surface area contributed by atoms with E-state index >= 15 is 0 Å². The van der Waals surface area contributed by atoms with Crippen molar-refractivity contribution in [3.63, 3.8) is 0 Å². The van der Waals surface area contributed by atoms with Gasteiger partial charge in [0.1, 0.15) is 11.4 Å². The molecule has 0 radical (unpaired) electrons. The van der Waals surface area contributed by atoms with Crippen molar-refractivity contribution < 1.29 is 9.21 Å². The summed E-state index contributed by atoms with van der Waals surface area (Å²) >= 11 is 5.90. The fourth-order valence-corrected chi connectivity index (χ4v) is 2.10. The van der Waals surface area contributed by atoms with Crippen LogP contribution in [0.15, 0.2) is 47.3 Å². The second-order valence-electron chi connectivity index (χ2n) is 4.38. The molecule has 102 valence electrons. The normalized spacial score (nSPS) is 10.8. The molecule has 3 heterocycles. The third kappa shape index (κ3) is 2.83. The largest absolute Gasteiger partial charge is 0.467 e. The zero-order valence-electron chi connectivity index (χ0n) is 10.5. The molecular formula is C14H12ClN3O2. The number of halogens is 1. The molecule has 3 aromatic rings. The van der Waals surface area contributed by atoms with Crippen LogP contribution < -0.4 is 5.32 Å². The van der Waals surface area contributed by atoms with E-state index in [0.29, 0.717) is 17.3 Å². The second kappa shape index (κ2) is 5.38. The molecule has 0 unspecified atom stereocenters. The van der Waals surface area contributed by atoms with Crippen LogP contribution in [0.5, 0.6) is 0 Å². The third-order valence-electron chi connectivity index (χ3n) is 2.85. The van der Waals surface area contributed by atoms with Crippen molar-refractivity contribution >= 4 is 23.2 Å². The first-order valence-corrected chi connectivity index (χ1v) is 6.51. The minimum atomic E-state index is -0.101. The van der Waals surface area contributed by atoms with Crippen LogP contribution in [-0.2, 0) is 17.8 Å². The van der Waals surface area contributed by atoms with Gasteiger partial charge in [0.2, 0.25) is 5.91 Å². The number of carbonyl (C=O) groups excluding carboxylic acids is 1. The molecule has 0 aliphatic carbocycles. The number of imidazole rings is 1. The van der Waals surface area contributed by atoms with Crippen LogP contribution in [0.3, 0.4) is 0 Å². The molecule has 3 rings (SSSR count). The van der Waals surface area contributed by atoms with E-state index in [-0.39, 0.29) is 12.3 Å². The van der Waals surface area contributed by atoms with Gasteiger partial charge in [-0.1, -0.05) is 11.6 Å². The van der Waals surface area contributed by atoms with Crippen molar-refractivity contribution in [3.8, 4) is 0 Å². The number of aromatic nitrogens is 2. The molecule has 3 aromatic heterocycles. The first kappa shape index (κ1) is 12.7. The van der Waals surface area contributed by atoms with Crippen molar-refractivity contribution in [1.82, 2.24) is 14.7 Å². The maximum Gasteiger partial charge on any atom is 0.226 e. The van der Waals surface area contributed by atoms with Gasteiger partial charge in [0.05, 0.1) is 29.9 Å². The maximum absolute atomic E-state index is 11.8. The molecule has 1 N–H and O–H groups in total. The number of amides is 1. The Labute approximate surface area is 120 Å². The van der Waals surface area contributed by atoms with E-state index in [2.05, 4.69) is 10.3 Å². The summed E-state index contributed by atoms with van der Waals surface area (Å²) < 4.78 is 6.95. The number of hydrogen-bond acceptors (Lipinski definition) is 3. The molecular weight excluding hydrogens is 278 g/mol. The Morgan fingerprint density at radius 3 is 3.05 bits per heavy atom. The van der Waals surface area contributed by atoms with Gasteiger partial charge in [0.25, 0.3) is 0 Å². The van der Waals surface area contributed by atoms with Gasteiger partial charge in [-0.05, 0) is 24.3 Å². The van der Waals surface area contributed by atoms with E-state index in [4.69, 9.17) is 16.0 Å². The Kier molecular flexibility index (Phi) is 3.43.